The minimum absolute atomic E-state index is 0.211. The summed E-state index contributed by atoms with van der Waals surface area (Å²) in [7, 11) is -0.608. The van der Waals surface area contributed by atoms with E-state index in [1.54, 1.807) is 13.1 Å². The van der Waals surface area contributed by atoms with Crippen LogP contribution in [0.25, 0.3) is 5.65 Å². The van der Waals surface area contributed by atoms with Crippen molar-refractivity contribution in [3.8, 4) is 0 Å². The first kappa shape index (κ1) is 13.5. The molecule has 0 spiro atoms. The van der Waals surface area contributed by atoms with Crippen LogP contribution in [0.2, 0.25) is 0 Å². The lowest BCUT2D eigenvalue weighted by Crippen LogP contribution is -2.41. The van der Waals surface area contributed by atoms with Gasteiger partial charge in [0.1, 0.15) is 5.82 Å². The largest absolute Gasteiger partial charge is 0.496 e. The smallest absolute Gasteiger partial charge is 0.399 e. The predicted octanol–water partition coefficient (Wildman–Crippen LogP) is 1.48. The van der Waals surface area contributed by atoms with Crippen LogP contribution in [-0.2, 0) is 9.31 Å². The van der Waals surface area contributed by atoms with E-state index in [0.717, 1.165) is 0 Å². The van der Waals surface area contributed by atoms with E-state index >= 15 is 0 Å². The maximum atomic E-state index is 14.1. The molecule has 3 rings (SSSR count). The van der Waals surface area contributed by atoms with Crippen molar-refractivity contribution in [2.75, 3.05) is 0 Å². The van der Waals surface area contributed by atoms with Gasteiger partial charge in [0.25, 0.3) is 0 Å². The molecule has 1 aliphatic heterocycles. The molecule has 0 N–H and O–H groups in total. The Kier molecular flexibility index (Phi) is 2.72. The van der Waals surface area contributed by atoms with Gasteiger partial charge in [-0.15, -0.1) is 0 Å². The molecular weight excluding hydrogens is 260 g/mol. The van der Waals surface area contributed by atoms with Gasteiger partial charge < -0.3 is 9.31 Å². The molecule has 1 aliphatic rings. The van der Waals surface area contributed by atoms with Gasteiger partial charge >= 0.3 is 7.12 Å². The minimum Gasteiger partial charge on any atom is -0.399 e. The monoisotopic (exact) mass is 277 g/mol. The highest BCUT2D eigenvalue weighted by atomic mass is 19.1. The summed E-state index contributed by atoms with van der Waals surface area (Å²) in [5.74, 6) is 0.0905. The summed E-state index contributed by atoms with van der Waals surface area (Å²) < 4.78 is 27.3. The summed E-state index contributed by atoms with van der Waals surface area (Å²) in [6.07, 6.45) is 1.70. The first-order valence-corrected chi connectivity index (χ1v) is 6.58. The first-order valence-electron chi connectivity index (χ1n) is 6.58. The SMILES string of the molecule is Cc1nc2c(F)cc(B3OC(C)(C)C(C)(C)O3)cn2n1. The lowest BCUT2D eigenvalue weighted by Gasteiger charge is -2.32. The number of halogens is 1. The van der Waals surface area contributed by atoms with Crippen molar-refractivity contribution in [1.29, 1.82) is 0 Å². The third-order valence-corrected chi connectivity index (χ3v) is 4.04. The maximum Gasteiger partial charge on any atom is 0.496 e. The molecule has 1 fully saturated rings. The summed E-state index contributed by atoms with van der Waals surface area (Å²) in [6, 6.07) is 1.39. The Morgan fingerprint density at radius 1 is 1.20 bits per heavy atom. The summed E-state index contributed by atoms with van der Waals surface area (Å²) in [6.45, 7) is 9.56. The Morgan fingerprint density at radius 2 is 1.80 bits per heavy atom. The van der Waals surface area contributed by atoms with Gasteiger partial charge in [-0.1, -0.05) is 0 Å². The number of nitrogens with zero attached hydrogens (tertiary/aromatic N) is 3. The van der Waals surface area contributed by atoms with Crippen molar-refractivity contribution in [3.63, 3.8) is 0 Å². The normalized spacial score (nSPS) is 20.8. The van der Waals surface area contributed by atoms with E-state index < -0.39 is 24.1 Å². The van der Waals surface area contributed by atoms with Crippen molar-refractivity contribution in [3.05, 3.63) is 23.9 Å². The lowest BCUT2D eigenvalue weighted by molar-refractivity contribution is 0.00578. The number of rotatable bonds is 1. The number of fused-ring (bicyclic) bond motifs is 1. The molecule has 20 heavy (non-hydrogen) atoms. The van der Waals surface area contributed by atoms with Crippen LogP contribution in [-0.4, -0.2) is 32.9 Å². The average Bonchev–Trinajstić information content (AvgIpc) is 2.77. The van der Waals surface area contributed by atoms with Crippen LogP contribution in [0.1, 0.15) is 33.5 Å². The first-order chi connectivity index (χ1) is 9.19. The molecule has 3 heterocycles. The zero-order valence-electron chi connectivity index (χ0n) is 12.3. The number of pyridine rings is 1. The van der Waals surface area contributed by atoms with Crippen molar-refractivity contribution in [2.24, 2.45) is 0 Å². The van der Waals surface area contributed by atoms with Crippen LogP contribution >= 0.6 is 0 Å². The van der Waals surface area contributed by atoms with Crippen LogP contribution in [0.5, 0.6) is 0 Å². The molecule has 0 radical (unpaired) electrons. The molecule has 2 aromatic rings. The highest BCUT2D eigenvalue weighted by molar-refractivity contribution is 6.62. The number of aryl methyl sites for hydroxylation is 1. The summed E-state index contributed by atoms with van der Waals surface area (Å²) >= 11 is 0. The van der Waals surface area contributed by atoms with E-state index in [2.05, 4.69) is 10.1 Å². The summed E-state index contributed by atoms with van der Waals surface area (Å²) in [5.41, 5.74) is -0.107. The second-order valence-corrected chi connectivity index (χ2v) is 6.14. The second kappa shape index (κ2) is 4.02. The maximum absolute atomic E-state index is 14.1. The summed E-state index contributed by atoms with van der Waals surface area (Å²) in [4.78, 5) is 4.03. The van der Waals surface area contributed by atoms with Gasteiger partial charge in [-0.2, -0.15) is 5.10 Å². The Morgan fingerprint density at radius 3 is 2.40 bits per heavy atom. The average molecular weight is 277 g/mol. The van der Waals surface area contributed by atoms with Crippen LogP contribution < -0.4 is 5.46 Å². The molecule has 0 bridgehead atoms. The molecule has 7 heteroatoms. The lowest BCUT2D eigenvalue weighted by atomic mass is 9.80. The highest BCUT2D eigenvalue weighted by Crippen LogP contribution is 2.36. The number of hydrogen-bond donors (Lipinski definition) is 0. The van der Waals surface area contributed by atoms with Crippen molar-refractivity contribution in [1.82, 2.24) is 14.6 Å². The van der Waals surface area contributed by atoms with E-state index in [4.69, 9.17) is 9.31 Å². The zero-order chi connectivity index (χ0) is 14.7. The molecule has 1 saturated heterocycles. The fourth-order valence-electron chi connectivity index (χ4n) is 2.18. The third-order valence-electron chi connectivity index (χ3n) is 4.04. The van der Waals surface area contributed by atoms with E-state index in [0.29, 0.717) is 11.3 Å². The fraction of sp³-hybridized carbons (Fsp3) is 0.538. The van der Waals surface area contributed by atoms with Gasteiger partial charge in [0.2, 0.25) is 0 Å². The number of hydrogen-bond acceptors (Lipinski definition) is 4. The standard InChI is InChI=1S/C13H17BFN3O2/c1-8-16-11-10(15)6-9(7-18(11)17-8)14-19-12(2,3)13(4,5)20-14/h6-7H,1-5H3. The van der Waals surface area contributed by atoms with Crippen molar-refractivity contribution in [2.45, 2.75) is 45.8 Å². The van der Waals surface area contributed by atoms with E-state index in [9.17, 15) is 4.39 Å². The summed E-state index contributed by atoms with van der Waals surface area (Å²) in [5, 5.41) is 4.13. The molecule has 0 aliphatic carbocycles. The van der Waals surface area contributed by atoms with E-state index in [-0.39, 0.29) is 5.65 Å². The molecule has 0 unspecified atom stereocenters. The van der Waals surface area contributed by atoms with E-state index in [1.807, 2.05) is 27.7 Å². The molecule has 0 atom stereocenters. The molecular formula is C13H17BFN3O2. The fourth-order valence-corrected chi connectivity index (χ4v) is 2.18. The van der Waals surface area contributed by atoms with Gasteiger partial charge in [0.05, 0.1) is 11.2 Å². The Balaban J connectivity index is 2.04. The van der Waals surface area contributed by atoms with Gasteiger partial charge in [-0.05, 0) is 40.7 Å². The van der Waals surface area contributed by atoms with Crippen molar-refractivity contribution >= 4 is 18.2 Å². The quantitative estimate of drug-likeness (QED) is 0.741. The molecule has 2 aromatic heterocycles. The van der Waals surface area contributed by atoms with Crippen LogP contribution in [0.15, 0.2) is 12.3 Å². The molecule has 0 saturated carbocycles. The van der Waals surface area contributed by atoms with E-state index in [1.165, 1.54) is 10.6 Å². The Hall–Kier alpha value is -1.47. The molecule has 0 amide bonds. The predicted molar refractivity (Wildman–Crippen MR) is 73.4 cm³/mol. The third kappa shape index (κ3) is 1.92. The van der Waals surface area contributed by atoms with Gasteiger partial charge in [0.15, 0.2) is 11.5 Å². The highest BCUT2D eigenvalue weighted by Gasteiger charge is 2.52. The Bertz CT molecular complexity index is 668. The van der Waals surface area contributed by atoms with Gasteiger partial charge in [-0.25, -0.2) is 13.9 Å². The molecule has 5 nitrogen and oxygen atoms in total. The Labute approximate surface area is 117 Å². The van der Waals surface area contributed by atoms with Crippen molar-refractivity contribution < 1.29 is 13.7 Å². The minimum atomic E-state index is -0.608. The van der Waals surface area contributed by atoms with Crippen LogP contribution in [0.4, 0.5) is 4.39 Å². The van der Waals surface area contributed by atoms with Crippen LogP contribution in [0, 0.1) is 12.7 Å². The zero-order valence-corrected chi connectivity index (χ0v) is 12.3. The van der Waals surface area contributed by atoms with Gasteiger partial charge in [0, 0.05) is 11.7 Å². The topological polar surface area (TPSA) is 48.7 Å². The number of aromatic nitrogens is 3. The second-order valence-electron chi connectivity index (χ2n) is 6.14. The molecule has 0 aromatic carbocycles. The van der Waals surface area contributed by atoms with Gasteiger partial charge in [-0.3, -0.25) is 0 Å². The van der Waals surface area contributed by atoms with Crippen LogP contribution in [0.3, 0.4) is 0 Å². The molecule has 106 valence electrons.